The summed E-state index contributed by atoms with van der Waals surface area (Å²) in [5.41, 5.74) is 7.42. The number of nitrogens with two attached hydrogens (primary N) is 1. The van der Waals surface area contributed by atoms with Crippen molar-refractivity contribution in [3.63, 3.8) is 0 Å². The van der Waals surface area contributed by atoms with Gasteiger partial charge in [-0.05, 0) is 24.1 Å². The van der Waals surface area contributed by atoms with Crippen LogP contribution in [0.4, 0.5) is 5.69 Å². The highest BCUT2D eigenvalue weighted by Gasteiger charge is 2.12. The van der Waals surface area contributed by atoms with Crippen LogP contribution in [0.5, 0.6) is 0 Å². The Labute approximate surface area is 140 Å². The van der Waals surface area contributed by atoms with E-state index in [-0.39, 0.29) is 17.9 Å². The number of hydrogen-bond donors (Lipinski definition) is 2. The molecule has 0 saturated heterocycles. The number of aliphatic carboxylic acids is 1. The highest BCUT2D eigenvalue weighted by molar-refractivity contribution is 6.18. The maximum absolute atomic E-state index is 10.7. The van der Waals surface area contributed by atoms with Crippen LogP contribution in [-0.2, 0) is 11.2 Å². The van der Waals surface area contributed by atoms with Gasteiger partial charge in [0.2, 0.25) is 0 Å². The van der Waals surface area contributed by atoms with E-state index in [1.54, 1.807) is 0 Å². The molecule has 0 aromatic heterocycles. The highest BCUT2D eigenvalue weighted by atomic mass is 35.5. The molecule has 21 heavy (non-hydrogen) atoms. The Kier molecular flexibility index (Phi) is 12.8. The van der Waals surface area contributed by atoms with Crippen LogP contribution in [0.15, 0.2) is 24.3 Å². The lowest BCUT2D eigenvalue weighted by Gasteiger charge is -2.23. The van der Waals surface area contributed by atoms with E-state index in [0.29, 0.717) is 18.2 Å². The molecule has 1 rings (SSSR count). The lowest BCUT2D eigenvalue weighted by Crippen LogP contribution is -2.32. The van der Waals surface area contributed by atoms with Crippen molar-refractivity contribution in [3.05, 3.63) is 29.8 Å². The molecule has 5 nitrogen and oxygen atoms in total. The lowest BCUT2D eigenvalue weighted by molar-refractivity contribution is -0.138. The summed E-state index contributed by atoms with van der Waals surface area (Å²) in [4.78, 5) is 12.8. The van der Waals surface area contributed by atoms with Crippen molar-refractivity contribution in [1.82, 2.24) is 0 Å². The molecule has 0 aliphatic heterocycles. The maximum atomic E-state index is 10.7. The second-order valence-corrected chi connectivity index (χ2v) is 4.94. The first-order valence-electron chi connectivity index (χ1n) is 6.02. The van der Waals surface area contributed by atoms with Crippen molar-refractivity contribution in [2.45, 2.75) is 12.5 Å². The Bertz CT molecular complexity index is 398. The molecule has 122 valence electrons. The lowest BCUT2D eigenvalue weighted by atomic mass is 10.1. The molecule has 0 unspecified atom stereocenters. The number of anilines is 1. The summed E-state index contributed by atoms with van der Waals surface area (Å²) in [6.45, 7) is 1.45. The molecule has 0 bridgehead atoms. The Hall–Kier alpha value is -0.720. The molecule has 1 aromatic rings. The monoisotopic (exact) mass is 358 g/mol. The Morgan fingerprint density at radius 2 is 1.67 bits per heavy atom. The minimum atomic E-state index is -0.991. The highest BCUT2D eigenvalue weighted by Crippen LogP contribution is 2.16. The van der Waals surface area contributed by atoms with Gasteiger partial charge in [0.15, 0.2) is 0 Å². The standard InChI is InChI=1S/C13H18Cl2N2O2.ClH.H2O/c14-5-7-17(8-6-15)11-3-1-10(2-4-11)9-12(16)13(18)19;;/h1-4,12H,5-9,16H2,(H,18,19);1H;1H2/t12-;;/m0../s1. The van der Waals surface area contributed by atoms with Gasteiger partial charge in [-0.1, -0.05) is 12.1 Å². The maximum Gasteiger partial charge on any atom is 0.320 e. The van der Waals surface area contributed by atoms with Gasteiger partial charge in [-0.15, -0.1) is 35.6 Å². The zero-order valence-electron chi connectivity index (χ0n) is 11.5. The molecular weight excluding hydrogens is 339 g/mol. The molecule has 1 aromatic carbocycles. The van der Waals surface area contributed by atoms with Crippen LogP contribution in [0.2, 0.25) is 0 Å². The van der Waals surface area contributed by atoms with E-state index >= 15 is 0 Å². The smallest absolute Gasteiger partial charge is 0.320 e. The van der Waals surface area contributed by atoms with E-state index < -0.39 is 12.0 Å². The average molecular weight is 360 g/mol. The average Bonchev–Trinajstić information content (AvgIpc) is 2.39. The third kappa shape index (κ3) is 7.74. The molecule has 5 N–H and O–H groups in total. The van der Waals surface area contributed by atoms with Crippen LogP contribution in [0.25, 0.3) is 0 Å². The van der Waals surface area contributed by atoms with Crippen molar-refractivity contribution >= 4 is 47.3 Å². The summed E-state index contributed by atoms with van der Waals surface area (Å²) in [6, 6.07) is 6.76. The van der Waals surface area contributed by atoms with Crippen molar-refractivity contribution < 1.29 is 15.4 Å². The van der Waals surface area contributed by atoms with Crippen LogP contribution in [0.1, 0.15) is 5.56 Å². The number of carboxylic acid groups (broad SMARTS) is 1. The summed E-state index contributed by atoms with van der Waals surface area (Å²) in [6.07, 6.45) is 0.320. The van der Waals surface area contributed by atoms with E-state index in [1.165, 1.54) is 0 Å². The van der Waals surface area contributed by atoms with Gasteiger partial charge < -0.3 is 21.2 Å². The molecule has 0 heterocycles. The van der Waals surface area contributed by atoms with E-state index in [9.17, 15) is 4.79 Å². The molecule has 0 spiro atoms. The fourth-order valence-electron chi connectivity index (χ4n) is 1.76. The van der Waals surface area contributed by atoms with Gasteiger partial charge in [0.25, 0.3) is 0 Å². The fourth-order valence-corrected chi connectivity index (χ4v) is 2.17. The number of rotatable bonds is 8. The first-order valence-corrected chi connectivity index (χ1v) is 7.09. The minimum Gasteiger partial charge on any atom is -0.480 e. The number of alkyl halides is 2. The summed E-state index contributed by atoms with van der Waals surface area (Å²) < 4.78 is 0. The SMILES string of the molecule is Cl.N[C@@H](Cc1ccc(N(CCCl)CCCl)cc1)C(=O)O.O. The van der Waals surface area contributed by atoms with Gasteiger partial charge in [0.05, 0.1) is 0 Å². The van der Waals surface area contributed by atoms with Crippen LogP contribution in [0, 0.1) is 0 Å². The number of nitrogens with zero attached hydrogens (tertiary/aromatic N) is 1. The molecule has 1 atom stereocenters. The summed E-state index contributed by atoms with van der Waals surface area (Å²) in [7, 11) is 0. The number of hydrogen-bond acceptors (Lipinski definition) is 3. The first kappa shape index (κ1) is 22.6. The van der Waals surface area contributed by atoms with Crippen LogP contribution >= 0.6 is 35.6 Å². The van der Waals surface area contributed by atoms with Crippen molar-refractivity contribution in [2.75, 3.05) is 29.7 Å². The van der Waals surface area contributed by atoms with Crippen LogP contribution < -0.4 is 10.6 Å². The third-order valence-electron chi connectivity index (χ3n) is 2.78. The molecular formula is C13H21Cl3N2O3. The van der Waals surface area contributed by atoms with E-state index in [0.717, 1.165) is 24.3 Å². The zero-order chi connectivity index (χ0) is 14.3. The van der Waals surface area contributed by atoms with Gasteiger partial charge >= 0.3 is 5.97 Å². The number of benzene rings is 1. The Morgan fingerprint density at radius 3 is 2.05 bits per heavy atom. The van der Waals surface area contributed by atoms with Gasteiger partial charge in [-0.2, -0.15) is 0 Å². The number of carboxylic acids is 1. The number of halogens is 3. The van der Waals surface area contributed by atoms with Crippen molar-refractivity contribution in [2.24, 2.45) is 5.73 Å². The second kappa shape index (κ2) is 11.9. The van der Waals surface area contributed by atoms with E-state index in [1.807, 2.05) is 24.3 Å². The quantitative estimate of drug-likeness (QED) is 0.688. The van der Waals surface area contributed by atoms with Gasteiger partial charge in [-0.3, -0.25) is 4.79 Å². The Morgan fingerprint density at radius 1 is 1.19 bits per heavy atom. The van der Waals surface area contributed by atoms with Gasteiger partial charge in [0.1, 0.15) is 6.04 Å². The molecule has 0 amide bonds. The summed E-state index contributed by atoms with van der Waals surface area (Å²) >= 11 is 11.5. The largest absolute Gasteiger partial charge is 0.480 e. The van der Waals surface area contributed by atoms with Crippen molar-refractivity contribution in [3.8, 4) is 0 Å². The predicted octanol–water partition coefficient (Wildman–Crippen LogP) is 1.52. The summed E-state index contributed by atoms with van der Waals surface area (Å²) in [5, 5.41) is 8.76. The predicted molar refractivity (Wildman–Crippen MR) is 90.3 cm³/mol. The zero-order valence-corrected chi connectivity index (χ0v) is 13.8. The fraction of sp³-hybridized carbons (Fsp3) is 0.462. The van der Waals surface area contributed by atoms with E-state index in [2.05, 4.69) is 4.90 Å². The number of carbonyl (C=O) groups is 1. The molecule has 0 radical (unpaired) electrons. The minimum absolute atomic E-state index is 0. The van der Waals surface area contributed by atoms with Crippen molar-refractivity contribution in [1.29, 1.82) is 0 Å². The second-order valence-electron chi connectivity index (χ2n) is 4.18. The van der Waals surface area contributed by atoms with Crippen LogP contribution in [0.3, 0.4) is 0 Å². The molecule has 8 heteroatoms. The Balaban J connectivity index is 0. The third-order valence-corrected chi connectivity index (χ3v) is 3.12. The normalized spacial score (nSPS) is 11.0. The first-order chi connectivity index (χ1) is 9.08. The molecule has 0 saturated carbocycles. The van der Waals surface area contributed by atoms with E-state index in [4.69, 9.17) is 34.0 Å². The van der Waals surface area contributed by atoms with Gasteiger partial charge in [0, 0.05) is 30.5 Å². The van der Waals surface area contributed by atoms with Gasteiger partial charge in [-0.25, -0.2) is 0 Å². The summed E-state index contributed by atoms with van der Waals surface area (Å²) in [5.74, 6) is 0.0698. The molecule has 0 fully saturated rings. The van der Waals surface area contributed by atoms with Crippen LogP contribution in [-0.4, -0.2) is 47.4 Å². The molecule has 0 aliphatic rings. The molecule has 0 aliphatic carbocycles. The topological polar surface area (TPSA) is 98.1 Å².